The minimum absolute atomic E-state index is 0.473. The van der Waals surface area contributed by atoms with Crippen LogP contribution in [0.4, 0.5) is 17.1 Å². The maximum atomic E-state index is 2.41. The van der Waals surface area contributed by atoms with Gasteiger partial charge >= 0.3 is 0 Å². The van der Waals surface area contributed by atoms with E-state index in [1.807, 2.05) is 0 Å². The van der Waals surface area contributed by atoms with Crippen molar-refractivity contribution < 1.29 is 0 Å². The number of anilines is 3. The Labute approximate surface area is 345 Å². The van der Waals surface area contributed by atoms with E-state index in [-0.39, 0.29) is 0 Å². The molecule has 2 heteroatoms. The van der Waals surface area contributed by atoms with Crippen LogP contribution in [0, 0.1) is 0 Å². The molecule has 1 atom stereocenters. The van der Waals surface area contributed by atoms with Crippen LogP contribution in [0.15, 0.2) is 224 Å². The fourth-order valence-electron chi connectivity index (χ4n) is 9.37. The average Bonchev–Trinajstić information content (AvgIpc) is 3.64. The highest BCUT2D eigenvalue weighted by Gasteiger charge is 2.25. The van der Waals surface area contributed by atoms with Crippen molar-refractivity contribution in [2.24, 2.45) is 0 Å². The van der Waals surface area contributed by atoms with Gasteiger partial charge in [0.05, 0.1) is 11.0 Å². The molecule has 1 aromatic heterocycles. The third-order valence-electron chi connectivity index (χ3n) is 12.2. The summed E-state index contributed by atoms with van der Waals surface area (Å²) in [6, 6.07) is 82.0. The number of rotatable bonds is 8. The van der Waals surface area contributed by atoms with Gasteiger partial charge in [-0.25, -0.2) is 0 Å². The lowest BCUT2D eigenvalue weighted by atomic mass is 9.75. The third kappa shape index (κ3) is 6.40. The molecule has 9 aromatic carbocycles. The molecule has 1 unspecified atom stereocenters. The molecule has 2 nitrogen and oxygen atoms in total. The molecule has 0 N–H and O–H groups in total. The third-order valence-corrected chi connectivity index (χ3v) is 12.2. The van der Waals surface area contributed by atoms with Crippen molar-refractivity contribution in [1.82, 2.24) is 4.57 Å². The predicted molar refractivity (Wildman–Crippen MR) is 248 cm³/mol. The molecule has 1 aliphatic carbocycles. The van der Waals surface area contributed by atoms with Gasteiger partial charge in [0.25, 0.3) is 0 Å². The molecule has 0 aliphatic heterocycles. The minimum Gasteiger partial charge on any atom is -0.311 e. The van der Waals surface area contributed by atoms with Crippen LogP contribution in [0.1, 0.15) is 22.6 Å². The van der Waals surface area contributed by atoms with Crippen molar-refractivity contribution in [1.29, 1.82) is 0 Å². The molecule has 0 saturated heterocycles. The molecule has 280 valence electrons. The first-order valence-electron chi connectivity index (χ1n) is 20.7. The van der Waals surface area contributed by atoms with Gasteiger partial charge < -0.3 is 9.47 Å². The second-order valence-corrected chi connectivity index (χ2v) is 15.7. The molecule has 59 heavy (non-hydrogen) atoms. The zero-order chi connectivity index (χ0) is 39.1. The summed E-state index contributed by atoms with van der Waals surface area (Å²) in [5, 5.41) is 2.53. The van der Waals surface area contributed by atoms with Crippen LogP contribution in [-0.4, -0.2) is 4.57 Å². The Morgan fingerprint density at radius 3 is 1.68 bits per heavy atom. The van der Waals surface area contributed by atoms with Crippen LogP contribution < -0.4 is 4.90 Å². The van der Waals surface area contributed by atoms with Crippen molar-refractivity contribution in [2.45, 2.75) is 18.8 Å². The number of benzene rings is 9. The van der Waals surface area contributed by atoms with Crippen molar-refractivity contribution in [3.8, 4) is 39.1 Å². The molecule has 10 aromatic rings. The van der Waals surface area contributed by atoms with E-state index in [9.17, 15) is 0 Å². The van der Waals surface area contributed by atoms with Gasteiger partial charge in [-0.2, -0.15) is 0 Å². The SMILES string of the molecule is c1ccc(CC2Cc3ccc(-c4ccc(N(c5ccccc5)c5ccc(-c6ccc7c8ccccc8n(-c8ccccc8)c7c6)cc5)cc4)cc3-c3ccccc32)cc1. The lowest BCUT2D eigenvalue weighted by Crippen LogP contribution is -2.13. The van der Waals surface area contributed by atoms with Gasteiger partial charge in [-0.15, -0.1) is 0 Å². The Bertz CT molecular complexity index is 3070. The highest BCUT2D eigenvalue weighted by molar-refractivity contribution is 6.10. The van der Waals surface area contributed by atoms with E-state index in [1.54, 1.807) is 0 Å². The monoisotopic (exact) mass is 754 g/mol. The zero-order valence-electron chi connectivity index (χ0n) is 32.7. The van der Waals surface area contributed by atoms with E-state index in [4.69, 9.17) is 0 Å². The van der Waals surface area contributed by atoms with E-state index < -0.39 is 0 Å². The number of nitrogens with zero attached hydrogens (tertiary/aromatic N) is 2. The predicted octanol–water partition coefficient (Wildman–Crippen LogP) is 15.1. The van der Waals surface area contributed by atoms with Gasteiger partial charge in [-0.05, 0) is 136 Å². The quantitative estimate of drug-likeness (QED) is 0.150. The van der Waals surface area contributed by atoms with Gasteiger partial charge in [-0.3, -0.25) is 0 Å². The second-order valence-electron chi connectivity index (χ2n) is 15.7. The number of fused-ring (bicyclic) bond motifs is 6. The van der Waals surface area contributed by atoms with E-state index in [1.165, 1.54) is 77.6 Å². The Hall–Kier alpha value is -7.42. The fourth-order valence-corrected chi connectivity index (χ4v) is 9.37. The number of para-hydroxylation sites is 3. The average molecular weight is 755 g/mol. The van der Waals surface area contributed by atoms with Crippen molar-refractivity contribution in [2.75, 3.05) is 4.90 Å². The van der Waals surface area contributed by atoms with Gasteiger partial charge in [0.2, 0.25) is 0 Å². The Morgan fingerprint density at radius 1 is 0.407 bits per heavy atom. The largest absolute Gasteiger partial charge is 0.311 e. The van der Waals surface area contributed by atoms with Crippen LogP contribution in [0.25, 0.3) is 60.9 Å². The molecule has 1 heterocycles. The maximum Gasteiger partial charge on any atom is 0.0547 e. The summed E-state index contributed by atoms with van der Waals surface area (Å²) in [5.74, 6) is 0.473. The number of aromatic nitrogens is 1. The van der Waals surface area contributed by atoms with Gasteiger partial charge in [0, 0.05) is 33.5 Å². The lowest BCUT2D eigenvalue weighted by Gasteiger charge is -2.29. The summed E-state index contributed by atoms with van der Waals surface area (Å²) in [7, 11) is 0. The molecular weight excluding hydrogens is 713 g/mol. The first-order valence-corrected chi connectivity index (χ1v) is 20.7. The zero-order valence-corrected chi connectivity index (χ0v) is 32.7. The van der Waals surface area contributed by atoms with Crippen LogP contribution in [0.5, 0.6) is 0 Å². The summed E-state index contributed by atoms with van der Waals surface area (Å²) in [5.41, 5.74) is 18.8. The Morgan fingerprint density at radius 2 is 0.949 bits per heavy atom. The molecule has 11 rings (SSSR count). The molecule has 0 saturated carbocycles. The van der Waals surface area contributed by atoms with Crippen molar-refractivity contribution in [3.05, 3.63) is 241 Å². The van der Waals surface area contributed by atoms with Crippen LogP contribution in [0.3, 0.4) is 0 Å². The Kier molecular flexibility index (Phi) is 8.74. The first-order chi connectivity index (χ1) is 29.2. The number of hydrogen-bond acceptors (Lipinski definition) is 1. The highest BCUT2D eigenvalue weighted by Crippen LogP contribution is 2.44. The summed E-state index contributed by atoms with van der Waals surface area (Å²) in [6.45, 7) is 0. The normalized spacial score (nSPS) is 13.3. The summed E-state index contributed by atoms with van der Waals surface area (Å²) >= 11 is 0. The molecule has 1 aliphatic rings. The smallest absolute Gasteiger partial charge is 0.0547 e. The summed E-state index contributed by atoms with van der Waals surface area (Å²) in [4.78, 5) is 2.35. The molecule has 0 radical (unpaired) electrons. The summed E-state index contributed by atoms with van der Waals surface area (Å²) < 4.78 is 2.38. The standard InChI is InChI=1S/C57H42N2/c1-4-14-40(15-5-1)36-46-37-45-25-24-43(38-55(45)52-21-11-10-20-51(46)52)41-26-31-49(32-27-41)58(47-16-6-2-7-17-47)50-33-28-42(29-34-50)44-30-35-54-53-22-12-13-23-56(53)59(57(54)39-44)48-18-8-3-9-19-48/h1-35,38-39,46H,36-37H2. The summed E-state index contributed by atoms with van der Waals surface area (Å²) in [6.07, 6.45) is 2.11. The van der Waals surface area contributed by atoms with E-state index >= 15 is 0 Å². The first kappa shape index (κ1) is 34.8. The minimum atomic E-state index is 0.473. The second kappa shape index (κ2) is 14.8. The molecule has 0 amide bonds. The van der Waals surface area contributed by atoms with Gasteiger partial charge in [0.15, 0.2) is 0 Å². The van der Waals surface area contributed by atoms with Gasteiger partial charge in [-0.1, -0.05) is 158 Å². The van der Waals surface area contributed by atoms with E-state index in [0.717, 1.165) is 29.9 Å². The van der Waals surface area contributed by atoms with Crippen LogP contribution in [-0.2, 0) is 12.8 Å². The maximum absolute atomic E-state index is 2.41. The van der Waals surface area contributed by atoms with Crippen molar-refractivity contribution >= 4 is 38.9 Å². The molecule has 0 spiro atoms. The highest BCUT2D eigenvalue weighted by atomic mass is 15.1. The van der Waals surface area contributed by atoms with Gasteiger partial charge in [0.1, 0.15) is 0 Å². The fraction of sp³-hybridized carbons (Fsp3) is 0.0526. The topological polar surface area (TPSA) is 8.17 Å². The Balaban J connectivity index is 0.909. The molecule has 0 bridgehead atoms. The van der Waals surface area contributed by atoms with Crippen LogP contribution >= 0.6 is 0 Å². The van der Waals surface area contributed by atoms with Crippen molar-refractivity contribution in [3.63, 3.8) is 0 Å². The molecule has 0 fully saturated rings. The lowest BCUT2D eigenvalue weighted by molar-refractivity contribution is 0.673. The molecular formula is C57H42N2. The van der Waals surface area contributed by atoms with Crippen LogP contribution in [0.2, 0.25) is 0 Å². The van der Waals surface area contributed by atoms with E-state index in [0.29, 0.717) is 5.92 Å². The van der Waals surface area contributed by atoms with E-state index in [2.05, 4.69) is 234 Å². The number of hydrogen-bond donors (Lipinski definition) is 0.